The van der Waals surface area contributed by atoms with Crippen molar-refractivity contribution in [2.24, 2.45) is 0 Å². The SMILES string of the molecule is CNC(C)COCCCO. The van der Waals surface area contributed by atoms with E-state index in [0.717, 1.165) is 13.0 Å². The van der Waals surface area contributed by atoms with E-state index in [0.29, 0.717) is 12.6 Å². The van der Waals surface area contributed by atoms with Crippen molar-refractivity contribution in [1.29, 1.82) is 0 Å². The van der Waals surface area contributed by atoms with Crippen LogP contribution in [0.4, 0.5) is 0 Å². The predicted octanol–water partition coefficient (Wildman–Crippen LogP) is -0.00670. The van der Waals surface area contributed by atoms with Gasteiger partial charge in [-0.25, -0.2) is 0 Å². The summed E-state index contributed by atoms with van der Waals surface area (Å²) < 4.78 is 5.20. The number of rotatable bonds is 6. The highest BCUT2D eigenvalue weighted by Gasteiger charge is 1.95. The minimum atomic E-state index is 0.216. The molecule has 0 rings (SSSR count). The highest BCUT2D eigenvalue weighted by Crippen LogP contribution is 1.84. The Morgan fingerprint density at radius 1 is 1.60 bits per heavy atom. The number of ether oxygens (including phenoxy) is 1. The van der Waals surface area contributed by atoms with E-state index >= 15 is 0 Å². The lowest BCUT2D eigenvalue weighted by Crippen LogP contribution is -2.26. The van der Waals surface area contributed by atoms with E-state index in [1.807, 2.05) is 7.05 Å². The molecule has 10 heavy (non-hydrogen) atoms. The van der Waals surface area contributed by atoms with Crippen LogP contribution < -0.4 is 5.32 Å². The van der Waals surface area contributed by atoms with Gasteiger partial charge in [-0.1, -0.05) is 0 Å². The van der Waals surface area contributed by atoms with Crippen molar-refractivity contribution in [3.63, 3.8) is 0 Å². The average Bonchev–Trinajstić information content (AvgIpc) is 1.98. The molecule has 1 unspecified atom stereocenters. The fourth-order valence-corrected chi connectivity index (χ4v) is 0.510. The Bertz CT molecular complexity index is 68.6. The standard InChI is InChI=1S/C7H17NO2/c1-7(8-2)6-10-5-3-4-9/h7-9H,3-6H2,1-2H3. The summed E-state index contributed by atoms with van der Waals surface area (Å²) in [6.45, 7) is 3.64. The third kappa shape index (κ3) is 6.01. The summed E-state index contributed by atoms with van der Waals surface area (Å²) in [5.41, 5.74) is 0. The van der Waals surface area contributed by atoms with E-state index in [4.69, 9.17) is 9.84 Å². The molecule has 3 heteroatoms. The Balaban J connectivity index is 2.89. The van der Waals surface area contributed by atoms with E-state index in [9.17, 15) is 0 Å². The zero-order valence-electron chi connectivity index (χ0n) is 6.76. The third-order valence-corrected chi connectivity index (χ3v) is 1.31. The molecule has 0 amide bonds. The highest BCUT2D eigenvalue weighted by molar-refractivity contribution is 4.53. The van der Waals surface area contributed by atoms with E-state index in [1.165, 1.54) is 0 Å². The molecular formula is C7H17NO2. The van der Waals surface area contributed by atoms with E-state index in [2.05, 4.69) is 12.2 Å². The summed E-state index contributed by atoms with van der Waals surface area (Å²) >= 11 is 0. The summed E-state index contributed by atoms with van der Waals surface area (Å²) in [5, 5.41) is 11.4. The smallest absolute Gasteiger partial charge is 0.0616 e. The highest BCUT2D eigenvalue weighted by atomic mass is 16.5. The predicted molar refractivity (Wildman–Crippen MR) is 41.0 cm³/mol. The molecule has 62 valence electrons. The van der Waals surface area contributed by atoms with Gasteiger partial charge >= 0.3 is 0 Å². The topological polar surface area (TPSA) is 41.5 Å². The van der Waals surface area contributed by atoms with Crippen molar-refractivity contribution >= 4 is 0 Å². The normalized spacial score (nSPS) is 13.5. The molecule has 0 aromatic rings. The zero-order chi connectivity index (χ0) is 7.82. The fourth-order valence-electron chi connectivity index (χ4n) is 0.510. The van der Waals surface area contributed by atoms with Crippen LogP contribution in [-0.4, -0.2) is 38.0 Å². The molecule has 1 atom stereocenters. The maximum absolute atomic E-state index is 8.39. The Kier molecular flexibility index (Phi) is 6.91. The van der Waals surface area contributed by atoms with Crippen molar-refractivity contribution in [1.82, 2.24) is 5.32 Å². The molecule has 0 aliphatic rings. The van der Waals surface area contributed by atoms with Gasteiger partial charge in [0.05, 0.1) is 6.61 Å². The lowest BCUT2D eigenvalue weighted by molar-refractivity contribution is 0.102. The van der Waals surface area contributed by atoms with Crippen LogP contribution in [-0.2, 0) is 4.74 Å². The summed E-state index contributed by atoms with van der Waals surface area (Å²) in [6, 6.07) is 0.402. The van der Waals surface area contributed by atoms with Gasteiger partial charge in [0.2, 0.25) is 0 Å². The quantitative estimate of drug-likeness (QED) is 0.519. The van der Waals surface area contributed by atoms with Crippen LogP contribution in [0.2, 0.25) is 0 Å². The first-order valence-electron chi connectivity index (χ1n) is 3.67. The van der Waals surface area contributed by atoms with Gasteiger partial charge in [-0.2, -0.15) is 0 Å². The number of likely N-dealkylation sites (N-methyl/N-ethyl adjacent to an activating group) is 1. The van der Waals surface area contributed by atoms with Gasteiger partial charge in [0.1, 0.15) is 0 Å². The molecule has 0 radical (unpaired) electrons. The van der Waals surface area contributed by atoms with Gasteiger partial charge in [0.25, 0.3) is 0 Å². The van der Waals surface area contributed by atoms with Crippen molar-refractivity contribution in [2.75, 3.05) is 26.9 Å². The summed E-state index contributed by atoms with van der Waals surface area (Å²) in [5.74, 6) is 0. The first kappa shape index (κ1) is 9.88. The first-order valence-corrected chi connectivity index (χ1v) is 3.67. The summed E-state index contributed by atoms with van der Waals surface area (Å²) in [7, 11) is 1.90. The first-order chi connectivity index (χ1) is 4.81. The number of aliphatic hydroxyl groups excluding tert-OH is 1. The van der Waals surface area contributed by atoms with Crippen LogP contribution >= 0.6 is 0 Å². The molecule has 0 heterocycles. The molecular weight excluding hydrogens is 130 g/mol. The Labute approximate surface area is 62.4 Å². The molecule has 0 saturated carbocycles. The number of aliphatic hydroxyl groups is 1. The van der Waals surface area contributed by atoms with E-state index in [1.54, 1.807) is 0 Å². The van der Waals surface area contributed by atoms with Gasteiger partial charge in [-0.05, 0) is 20.4 Å². The fraction of sp³-hybridized carbons (Fsp3) is 1.00. The Hall–Kier alpha value is -0.120. The molecule has 0 spiro atoms. The van der Waals surface area contributed by atoms with Crippen molar-refractivity contribution in [2.45, 2.75) is 19.4 Å². The van der Waals surface area contributed by atoms with Gasteiger partial charge in [-0.3, -0.25) is 0 Å². The van der Waals surface area contributed by atoms with Crippen molar-refractivity contribution in [3.05, 3.63) is 0 Å². The van der Waals surface area contributed by atoms with Crippen molar-refractivity contribution < 1.29 is 9.84 Å². The molecule has 3 nitrogen and oxygen atoms in total. The lowest BCUT2D eigenvalue weighted by atomic mass is 10.4. The second-order valence-electron chi connectivity index (χ2n) is 2.34. The second kappa shape index (κ2) is 6.99. The second-order valence-corrected chi connectivity index (χ2v) is 2.34. The monoisotopic (exact) mass is 147 g/mol. The molecule has 0 bridgehead atoms. The van der Waals surface area contributed by atoms with Gasteiger partial charge in [-0.15, -0.1) is 0 Å². The average molecular weight is 147 g/mol. The van der Waals surface area contributed by atoms with Crippen LogP contribution in [0.5, 0.6) is 0 Å². The van der Waals surface area contributed by atoms with E-state index in [-0.39, 0.29) is 6.61 Å². The van der Waals surface area contributed by atoms with E-state index < -0.39 is 0 Å². The molecule has 0 aliphatic carbocycles. The van der Waals surface area contributed by atoms with Crippen LogP contribution in [0, 0.1) is 0 Å². The molecule has 0 aromatic carbocycles. The Morgan fingerprint density at radius 3 is 2.80 bits per heavy atom. The van der Waals surface area contributed by atoms with Gasteiger partial charge in [0.15, 0.2) is 0 Å². The third-order valence-electron chi connectivity index (χ3n) is 1.31. The lowest BCUT2D eigenvalue weighted by Gasteiger charge is -2.09. The zero-order valence-corrected chi connectivity index (χ0v) is 6.76. The molecule has 0 aromatic heterocycles. The van der Waals surface area contributed by atoms with Crippen LogP contribution in [0.15, 0.2) is 0 Å². The molecule has 0 aliphatic heterocycles. The van der Waals surface area contributed by atoms with Crippen LogP contribution in [0.1, 0.15) is 13.3 Å². The minimum absolute atomic E-state index is 0.216. The van der Waals surface area contributed by atoms with Gasteiger partial charge in [0, 0.05) is 19.3 Å². The molecule has 0 saturated heterocycles. The van der Waals surface area contributed by atoms with Crippen LogP contribution in [0.25, 0.3) is 0 Å². The van der Waals surface area contributed by atoms with Crippen LogP contribution in [0.3, 0.4) is 0 Å². The molecule has 2 N–H and O–H groups in total. The summed E-state index contributed by atoms with van der Waals surface area (Å²) in [4.78, 5) is 0. The summed E-state index contributed by atoms with van der Waals surface area (Å²) in [6.07, 6.45) is 0.733. The minimum Gasteiger partial charge on any atom is -0.396 e. The molecule has 0 fully saturated rings. The van der Waals surface area contributed by atoms with Gasteiger partial charge < -0.3 is 15.2 Å². The maximum Gasteiger partial charge on any atom is 0.0616 e. The van der Waals surface area contributed by atoms with Crippen molar-refractivity contribution in [3.8, 4) is 0 Å². The maximum atomic E-state index is 8.39. The number of nitrogens with one attached hydrogen (secondary N) is 1. The Morgan fingerprint density at radius 2 is 2.30 bits per heavy atom. The number of hydrogen-bond acceptors (Lipinski definition) is 3. The number of hydrogen-bond donors (Lipinski definition) is 2. The largest absolute Gasteiger partial charge is 0.396 e.